The first-order valence-corrected chi connectivity index (χ1v) is 18.4. The summed E-state index contributed by atoms with van der Waals surface area (Å²) in [6.45, 7) is 26.0. The molecule has 2 aliphatic rings. The van der Waals surface area contributed by atoms with Gasteiger partial charge in [0.25, 0.3) is 0 Å². The zero-order valence-electron chi connectivity index (χ0n) is 25.6. The van der Waals surface area contributed by atoms with E-state index in [1.54, 1.807) is 25.6 Å². The first-order chi connectivity index (χ1) is 16.6. The average molecular weight is 631 g/mol. The van der Waals surface area contributed by atoms with Crippen molar-refractivity contribution in [1.82, 2.24) is 0 Å². The summed E-state index contributed by atoms with van der Waals surface area (Å²) in [6, 6.07) is 14.7. The molecule has 3 heteroatoms. The molecule has 0 aliphatic heterocycles. The number of benzene rings is 2. The second kappa shape index (κ2) is 11.6. The number of hydrogen-bond acceptors (Lipinski definition) is 0. The van der Waals surface area contributed by atoms with Crippen LogP contribution in [0.15, 0.2) is 56.9 Å². The second-order valence-electron chi connectivity index (χ2n) is 14.2. The second-order valence-corrected chi connectivity index (χ2v) is 19.5. The molecular formula is C35H48Cl2Zr. The molecule has 38 heavy (non-hydrogen) atoms. The van der Waals surface area contributed by atoms with Gasteiger partial charge in [0.05, 0.1) is 0 Å². The van der Waals surface area contributed by atoms with Crippen LogP contribution in [-0.2, 0) is 32.1 Å². The van der Waals surface area contributed by atoms with E-state index in [2.05, 4.69) is 119 Å². The SMILES string of the molecule is [CH2]=[Zr+2]([C]1=C(CC)C(C(C)(C)C)=CC1CC)[CH]1c2cc(C(C)(C)C)ccc2-c2ccc(C(C)(C)C)cc21.[Cl-].[Cl-]. The van der Waals surface area contributed by atoms with Crippen LogP contribution >= 0.6 is 0 Å². The monoisotopic (exact) mass is 628 g/mol. The van der Waals surface area contributed by atoms with Gasteiger partial charge in [0.1, 0.15) is 0 Å². The maximum atomic E-state index is 5.20. The minimum absolute atomic E-state index is 0. The van der Waals surface area contributed by atoms with Crippen LogP contribution in [0.4, 0.5) is 0 Å². The van der Waals surface area contributed by atoms with E-state index in [1.165, 1.54) is 28.7 Å². The molecule has 1 atom stereocenters. The molecule has 1 unspecified atom stereocenters. The van der Waals surface area contributed by atoms with Crippen LogP contribution in [0.25, 0.3) is 11.1 Å². The zero-order valence-corrected chi connectivity index (χ0v) is 29.5. The van der Waals surface area contributed by atoms with Crippen molar-refractivity contribution in [1.29, 1.82) is 0 Å². The van der Waals surface area contributed by atoms with Gasteiger partial charge < -0.3 is 24.8 Å². The summed E-state index contributed by atoms with van der Waals surface area (Å²) in [7, 11) is 0. The predicted octanol–water partition coefficient (Wildman–Crippen LogP) is 4.09. The van der Waals surface area contributed by atoms with Gasteiger partial charge in [-0.1, -0.05) is 0 Å². The summed E-state index contributed by atoms with van der Waals surface area (Å²) in [5, 5.41) is 0. The van der Waals surface area contributed by atoms with Gasteiger partial charge in [-0.3, -0.25) is 0 Å². The van der Waals surface area contributed by atoms with Crippen LogP contribution < -0.4 is 24.8 Å². The predicted molar refractivity (Wildman–Crippen MR) is 157 cm³/mol. The van der Waals surface area contributed by atoms with Gasteiger partial charge in [0.15, 0.2) is 0 Å². The molecule has 0 radical (unpaired) electrons. The summed E-state index contributed by atoms with van der Waals surface area (Å²) < 4.78 is 7.48. The van der Waals surface area contributed by atoms with Crippen LogP contribution in [0, 0.1) is 11.3 Å². The Balaban J connectivity index is 0.00000253. The van der Waals surface area contributed by atoms with E-state index >= 15 is 0 Å². The summed E-state index contributed by atoms with van der Waals surface area (Å²) in [4.78, 5) is 0. The molecule has 2 aromatic rings. The Labute approximate surface area is 253 Å². The molecule has 0 nitrogen and oxygen atoms in total. The van der Waals surface area contributed by atoms with E-state index in [0.29, 0.717) is 9.54 Å². The Morgan fingerprint density at radius 2 is 1.16 bits per heavy atom. The third-order valence-corrected chi connectivity index (χ3v) is 15.0. The molecule has 0 heterocycles. The van der Waals surface area contributed by atoms with Crippen molar-refractivity contribution in [2.75, 3.05) is 0 Å². The van der Waals surface area contributed by atoms with Crippen molar-refractivity contribution in [3.05, 3.63) is 79.2 Å². The third-order valence-electron chi connectivity index (χ3n) is 8.43. The molecular weight excluding hydrogens is 583 g/mol. The smallest absolute Gasteiger partial charge is 1.00 e. The maximum absolute atomic E-state index is 5.20. The Hall–Kier alpha value is -0.747. The van der Waals surface area contributed by atoms with Crippen molar-refractivity contribution >= 4 is 4.21 Å². The van der Waals surface area contributed by atoms with Gasteiger partial charge in [-0.05, 0) is 0 Å². The van der Waals surface area contributed by atoms with Gasteiger partial charge in [-0.25, -0.2) is 0 Å². The first-order valence-electron chi connectivity index (χ1n) is 14.0. The molecule has 0 fully saturated rings. The van der Waals surface area contributed by atoms with E-state index in [0.717, 1.165) is 6.42 Å². The number of allylic oxidation sites excluding steroid dienone is 4. The van der Waals surface area contributed by atoms with E-state index in [9.17, 15) is 0 Å². The summed E-state index contributed by atoms with van der Waals surface area (Å²) in [5.41, 5.74) is 12.7. The summed E-state index contributed by atoms with van der Waals surface area (Å²) in [5.74, 6) is 0.574. The molecule has 0 N–H and O–H groups in total. The minimum Gasteiger partial charge on any atom is -1.00 e. The topological polar surface area (TPSA) is 0 Å². The van der Waals surface area contributed by atoms with E-state index < -0.39 is 21.3 Å². The van der Waals surface area contributed by atoms with E-state index in [4.69, 9.17) is 4.21 Å². The van der Waals surface area contributed by atoms with Gasteiger partial charge >= 0.3 is 231 Å². The largest absolute Gasteiger partial charge is 1.00 e. The Morgan fingerprint density at radius 3 is 1.50 bits per heavy atom. The normalized spacial score (nSPS) is 17.2. The molecule has 0 amide bonds. The summed E-state index contributed by atoms with van der Waals surface area (Å²) in [6.07, 6.45) is 4.95. The number of hydrogen-bond donors (Lipinski definition) is 0. The fraction of sp³-hybridized carbons (Fsp3) is 0.514. The average Bonchev–Trinajstić information content (AvgIpc) is 3.32. The Bertz CT molecular complexity index is 1210. The molecule has 206 valence electrons. The fourth-order valence-electron chi connectivity index (χ4n) is 6.32. The van der Waals surface area contributed by atoms with Gasteiger partial charge in [0.2, 0.25) is 0 Å². The van der Waals surface area contributed by atoms with Crippen LogP contribution in [0.3, 0.4) is 0 Å². The van der Waals surface area contributed by atoms with Gasteiger partial charge in [-0.15, -0.1) is 0 Å². The molecule has 0 bridgehead atoms. The van der Waals surface area contributed by atoms with Crippen LogP contribution in [0.2, 0.25) is 0 Å². The van der Waals surface area contributed by atoms with Crippen molar-refractivity contribution in [2.24, 2.45) is 11.3 Å². The van der Waals surface area contributed by atoms with Crippen LogP contribution in [-0.4, -0.2) is 4.21 Å². The minimum atomic E-state index is -2.37. The molecule has 0 spiro atoms. The third kappa shape index (κ3) is 5.97. The van der Waals surface area contributed by atoms with Crippen LogP contribution in [0.1, 0.15) is 115 Å². The van der Waals surface area contributed by atoms with E-state index in [1.807, 2.05) is 0 Å². The van der Waals surface area contributed by atoms with Gasteiger partial charge in [0, 0.05) is 0 Å². The number of rotatable bonds is 4. The van der Waals surface area contributed by atoms with Crippen molar-refractivity contribution in [2.45, 2.75) is 103 Å². The van der Waals surface area contributed by atoms with Crippen molar-refractivity contribution in [3.63, 3.8) is 0 Å². The Kier molecular flexibility index (Phi) is 10.2. The summed E-state index contributed by atoms with van der Waals surface area (Å²) >= 11 is -2.37. The van der Waals surface area contributed by atoms with Crippen molar-refractivity contribution < 1.29 is 46.1 Å². The molecule has 0 saturated carbocycles. The molecule has 0 saturated heterocycles. The fourth-order valence-corrected chi connectivity index (χ4v) is 13.7. The van der Waals surface area contributed by atoms with Crippen molar-refractivity contribution in [3.8, 4) is 11.1 Å². The Morgan fingerprint density at radius 1 is 0.711 bits per heavy atom. The van der Waals surface area contributed by atoms with Crippen LogP contribution in [0.5, 0.6) is 0 Å². The molecule has 2 aromatic carbocycles. The zero-order chi connectivity index (χ0) is 26.8. The standard InChI is InChI=1S/C21H25.C13H21.CH2.2ClH.Zr/c1-20(2,3)16-7-9-18-14(12-16)11-15-13-17(21(4,5)6)8-10-19(15)18;1-6-10-8-11(7-2)12(9-10)13(3,4)5;;;;/h7-13H,1-6H3;9-10H,6-7H2,1-5H3;1H2;2*1H;/q;;;;;+2/p-2. The molecule has 4 rings (SSSR count). The maximum Gasteiger partial charge on any atom is -1.00 e. The van der Waals surface area contributed by atoms with Gasteiger partial charge in [-0.2, -0.15) is 0 Å². The number of halogens is 2. The molecule has 0 aromatic heterocycles. The number of fused-ring (bicyclic) bond motifs is 3. The quantitative estimate of drug-likeness (QED) is 0.478. The molecule has 2 aliphatic carbocycles. The van der Waals surface area contributed by atoms with E-state index in [-0.39, 0.29) is 41.1 Å². The first kappa shape index (κ1) is 33.5.